The Morgan fingerprint density at radius 2 is 1.72 bits per heavy atom. The van der Waals surface area contributed by atoms with Crippen LogP contribution in [0.25, 0.3) is 6.08 Å². The van der Waals surface area contributed by atoms with Gasteiger partial charge in [-0.25, -0.2) is 0 Å². The normalized spacial score (nSPS) is 24.2. The molecule has 0 aliphatic carbocycles. The van der Waals surface area contributed by atoms with Gasteiger partial charge in [0.2, 0.25) is 0 Å². The van der Waals surface area contributed by atoms with Crippen molar-refractivity contribution in [1.29, 1.82) is 0 Å². The summed E-state index contributed by atoms with van der Waals surface area (Å²) < 4.78 is 0. The Labute approximate surface area is 109 Å². The van der Waals surface area contributed by atoms with Gasteiger partial charge in [-0.1, -0.05) is 30.3 Å². The van der Waals surface area contributed by atoms with Gasteiger partial charge in [0.1, 0.15) is 0 Å². The average Bonchev–Trinajstić information content (AvgIpc) is 2.23. The quantitative estimate of drug-likeness (QED) is 0.767. The van der Waals surface area contributed by atoms with E-state index in [2.05, 4.69) is 33.0 Å². The molecule has 0 saturated carbocycles. The van der Waals surface area contributed by atoms with Crippen molar-refractivity contribution in [3.8, 4) is 0 Å². The molecule has 0 amide bonds. The molecule has 0 bridgehead atoms. The number of carbonyl (C=O) groups excluding carboxylic acids is 1. The fraction of sp³-hybridized carbons (Fsp3) is 0.438. The molecule has 1 fully saturated rings. The summed E-state index contributed by atoms with van der Waals surface area (Å²) in [5, 5.41) is 3.54. The van der Waals surface area contributed by atoms with Gasteiger partial charge in [-0.15, -0.1) is 0 Å². The lowest BCUT2D eigenvalue weighted by Crippen LogP contribution is -2.59. The SMILES string of the molecule is CC1(C)CC(=O)C(=Cc2ccccc2)C(C)(C)N1. The summed E-state index contributed by atoms with van der Waals surface area (Å²) in [4.78, 5) is 12.3. The molecule has 0 atom stereocenters. The highest BCUT2D eigenvalue weighted by molar-refractivity contribution is 6.03. The maximum absolute atomic E-state index is 12.3. The second kappa shape index (κ2) is 4.36. The summed E-state index contributed by atoms with van der Waals surface area (Å²) in [6, 6.07) is 10.0. The van der Waals surface area contributed by atoms with Gasteiger partial charge in [0.25, 0.3) is 0 Å². The fourth-order valence-electron chi connectivity index (χ4n) is 2.78. The molecule has 0 spiro atoms. The van der Waals surface area contributed by atoms with Crippen molar-refractivity contribution in [3.63, 3.8) is 0 Å². The van der Waals surface area contributed by atoms with Gasteiger partial charge in [-0.2, -0.15) is 0 Å². The van der Waals surface area contributed by atoms with Crippen LogP contribution in [0.15, 0.2) is 35.9 Å². The summed E-state index contributed by atoms with van der Waals surface area (Å²) in [7, 11) is 0. The third-order valence-corrected chi connectivity index (χ3v) is 3.34. The Balaban J connectivity index is 2.39. The lowest BCUT2D eigenvalue weighted by molar-refractivity contribution is -0.119. The van der Waals surface area contributed by atoms with Crippen LogP contribution in [0.5, 0.6) is 0 Å². The number of rotatable bonds is 1. The van der Waals surface area contributed by atoms with E-state index in [4.69, 9.17) is 0 Å². The van der Waals surface area contributed by atoms with Gasteiger partial charge in [0, 0.05) is 23.1 Å². The number of Topliss-reactive ketones (excluding diaryl/α,β-unsaturated/α-hetero) is 1. The summed E-state index contributed by atoms with van der Waals surface area (Å²) in [5.74, 6) is 0.243. The summed E-state index contributed by atoms with van der Waals surface area (Å²) in [6.45, 7) is 8.29. The summed E-state index contributed by atoms with van der Waals surface area (Å²) in [6.07, 6.45) is 2.56. The number of nitrogens with one attached hydrogen (secondary N) is 1. The Morgan fingerprint density at radius 3 is 2.28 bits per heavy atom. The lowest BCUT2D eigenvalue weighted by atomic mass is 9.77. The lowest BCUT2D eigenvalue weighted by Gasteiger charge is -2.43. The number of ketones is 1. The van der Waals surface area contributed by atoms with Crippen LogP contribution in [0.1, 0.15) is 39.7 Å². The van der Waals surface area contributed by atoms with E-state index in [0.717, 1.165) is 11.1 Å². The maximum atomic E-state index is 12.3. The second-order valence-electron chi connectivity index (χ2n) is 6.20. The van der Waals surface area contributed by atoms with E-state index in [-0.39, 0.29) is 16.9 Å². The van der Waals surface area contributed by atoms with Crippen LogP contribution in [0.2, 0.25) is 0 Å². The van der Waals surface area contributed by atoms with Gasteiger partial charge in [-0.3, -0.25) is 4.79 Å². The van der Waals surface area contributed by atoms with Crippen molar-refractivity contribution < 1.29 is 4.79 Å². The van der Waals surface area contributed by atoms with E-state index in [1.54, 1.807) is 0 Å². The molecule has 1 N–H and O–H groups in total. The molecular formula is C16H21NO. The zero-order chi connectivity index (χ0) is 13.4. The van der Waals surface area contributed by atoms with Crippen molar-refractivity contribution in [2.24, 2.45) is 0 Å². The van der Waals surface area contributed by atoms with Gasteiger partial charge < -0.3 is 5.32 Å². The Hall–Kier alpha value is -1.41. The predicted octanol–water partition coefficient (Wildman–Crippen LogP) is 3.19. The zero-order valence-electron chi connectivity index (χ0n) is 11.6. The molecule has 0 unspecified atom stereocenters. The van der Waals surface area contributed by atoms with E-state index < -0.39 is 0 Å². The molecule has 1 aromatic carbocycles. The van der Waals surface area contributed by atoms with Crippen molar-refractivity contribution in [2.75, 3.05) is 0 Å². The molecule has 18 heavy (non-hydrogen) atoms. The fourth-order valence-corrected chi connectivity index (χ4v) is 2.78. The van der Waals surface area contributed by atoms with Crippen LogP contribution in [0, 0.1) is 0 Å². The minimum atomic E-state index is -0.283. The standard InChI is InChI=1S/C16H21NO/c1-15(2)11-14(18)13(16(3,4)17-15)10-12-8-6-5-7-9-12/h5-10,17H,11H2,1-4H3. The van der Waals surface area contributed by atoms with E-state index in [1.807, 2.05) is 36.4 Å². The smallest absolute Gasteiger partial charge is 0.162 e. The van der Waals surface area contributed by atoms with E-state index in [1.165, 1.54) is 0 Å². The molecule has 2 rings (SSSR count). The molecule has 2 heteroatoms. The van der Waals surface area contributed by atoms with Crippen LogP contribution in [0.3, 0.4) is 0 Å². The molecule has 0 radical (unpaired) electrons. The van der Waals surface area contributed by atoms with Crippen molar-refractivity contribution in [3.05, 3.63) is 41.5 Å². The third-order valence-electron chi connectivity index (χ3n) is 3.34. The van der Waals surface area contributed by atoms with Crippen LogP contribution in [-0.2, 0) is 4.79 Å². The average molecular weight is 243 g/mol. The van der Waals surface area contributed by atoms with E-state index in [9.17, 15) is 4.79 Å². The predicted molar refractivity (Wildman–Crippen MR) is 75.3 cm³/mol. The molecule has 96 valence electrons. The molecule has 1 saturated heterocycles. The number of hydrogen-bond acceptors (Lipinski definition) is 2. The number of hydrogen-bond donors (Lipinski definition) is 1. The highest BCUT2D eigenvalue weighted by atomic mass is 16.1. The molecule has 1 aliphatic rings. The van der Waals surface area contributed by atoms with Gasteiger partial charge >= 0.3 is 0 Å². The Morgan fingerprint density at radius 1 is 1.11 bits per heavy atom. The van der Waals surface area contributed by atoms with Crippen LogP contribution in [-0.4, -0.2) is 16.9 Å². The van der Waals surface area contributed by atoms with Crippen LogP contribution < -0.4 is 5.32 Å². The maximum Gasteiger partial charge on any atom is 0.162 e. The molecule has 2 nitrogen and oxygen atoms in total. The van der Waals surface area contributed by atoms with Crippen molar-refractivity contribution in [2.45, 2.75) is 45.2 Å². The number of carbonyl (C=O) groups is 1. The minimum absolute atomic E-state index is 0.130. The molecule has 1 heterocycles. The third kappa shape index (κ3) is 2.70. The Kier molecular flexibility index (Phi) is 3.16. The van der Waals surface area contributed by atoms with Crippen LogP contribution in [0.4, 0.5) is 0 Å². The first-order valence-electron chi connectivity index (χ1n) is 6.40. The second-order valence-corrected chi connectivity index (χ2v) is 6.20. The first-order valence-corrected chi connectivity index (χ1v) is 6.40. The highest BCUT2D eigenvalue weighted by Gasteiger charge is 2.40. The van der Waals surface area contributed by atoms with Crippen molar-refractivity contribution >= 4 is 11.9 Å². The first-order chi connectivity index (χ1) is 8.30. The topological polar surface area (TPSA) is 29.1 Å². The highest BCUT2D eigenvalue weighted by Crippen LogP contribution is 2.31. The molecule has 1 aromatic rings. The molecule has 0 aromatic heterocycles. The summed E-state index contributed by atoms with van der Waals surface area (Å²) in [5.41, 5.74) is 1.53. The van der Waals surface area contributed by atoms with Crippen LogP contribution >= 0.6 is 0 Å². The van der Waals surface area contributed by atoms with E-state index >= 15 is 0 Å². The minimum Gasteiger partial charge on any atom is -0.302 e. The van der Waals surface area contributed by atoms with Gasteiger partial charge in [0.15, 0.2) is 5.78 Å². The Bertz CT molecular complexity index is 483. The monoisotopic (exact) mass is 243 g/mol. The largest absolute Gasteiger partial charge is 0.302 e. The molecular weight excluding hydrogens is 222 g/mol. The zero-order valence-corrected chi connectivity index (χ0v) is 11.6. The molecule has 1 aliphatic heterocycles. The van der Waals surface area contributed by atoms with Crippen molar-refractivity contribution in [1.82, 2.24) is 5.32 Å². The van der Waals surface area contributed by atoms with E-state index in [0.29, 0.717) is 6.42 Å². The van der Waals surface area contributed by atoms with Gasteiger partial charge in [0.05, 0.1) is 0 Å². The number of piperidine rings is 1. The first kappa shape index (κ1) is 13.0. The number of benzene rings is 1. The van der Waals surface area contributed by atoms with Gasteiger partial charge in [-0.05, 0) is 39.3 Å². The summed E-state index contributed by atoms with van der Waals surface area (Å²) >= 11 is 0.